The molecule has 0 aliphatic rings. The van der Waals surface area contributed by atoms with Crippen molar-refractivity contribution >= 4 is 29.0 Å². The van der Waals surface area contributed by atoms with Crippen molar-refractivity contribution < 1.29 is 9.31 Å². The number of imidazole rings is 1. The highest BCUT2D eigenvalue weighted by Crippen LogP contribution is 2.18. The SMILES string of the molecule is Cn1c(=O)[nH]c(=O)c2c1nc(NN=Cc1cccc([N+](=O)[O-])c1)n2Cc1ccc(F)cc1. The number of hydrazone groups is 1. The van der Waals surface area contributed by atoms with Crippen molar-refractivity contribution in [1.82, 2.24) is 19.1 Å². The molecule has 0 spiro atoms. The molecule has 0 saturated heterocycles. The van der Waals surface area contributed by atoms with E-state index >= 15 is 0 Å². The van der Waals surface area contributed by atoms with E-state index in [1.54, 1.807) is 18.2 Å². The Morgan fingerprint density at radius 3 is 2.72 bits per heavy atom. The van der Waals surface area contributed by atoms with E-state index in [2.05, 4.69) is 20.5 Å². The number of non-ortho nitro benzene ring substituents is 1. The summed E-state index contributed by atoms with van der Waals surface area (Å²) < 4.78 is 16.0. The zero-order valence-electron chi connectivity index (χ0n) is 16.7. The second-order valence-electron chi connectivity index (χ2n) is 6.86. The van der Waals surface area contributed by atoms with Gasteiger partial charge in [0, 0.05) is 24.7 Å². The number of rotatable bonds is 6. The van der Waals surface area contributed by atoms with Gasteiger partial charge in [0.05, 0.1) is 17.7 Å². The maximum absolute atomic E-state index is 13.3. The third-order valence-electron chi connectivity index (χ3n) is 4.72. The Hall–Kier alpha value is -4.61. The molecule has 0 fully saturated rings. The predicted octanol–water partition coefficient (Wildman–Crippen LogP) is 1.96. The fourth-order valence-electron chi connectivity index (χ4n) is 3.13. The second kappa shape index (κ2) is 8.26. The van der Waals surface area contributed by atoms with Gasteiger partial charge in [0.2, 0.25) is 5.95 Å². The zero-order chi connectivity index (χ0) is 22.8. The molecule has 2 heterocycles. The van der Waals surface area contributed by atoms with Crippen LogP contribution in [-0.2, 0) is 13.6 Å². The van der Waals surface area contributed by atoms with Gasteiger partial charge in [0.25, 0.3) is 11.2 Å². The van der Waals surface area contributed by atoms with Crippen LogP contribution in [0.2, 0.25) is 0 Å². The van der Waals surface area contributed by atoms with Crippen LogP contribution in [0.25, 0.3) is 11.2 Å². The average Bonchev–Trinajstić information content (AvgIpc) is 3.13. The summed E-state index contributed by atoms with van der Waals surface area (Å²) in [6.07, 6.45) is 1.36. The topological polar surface area (TPSA) is 140 Å². The zero-order valence-corrected chi connectivity index (χ0v) is 16.7. The fourth-order valence-corrected chi connectivity index (χ4v) is 3.13. The monoisotopic (exact) mass is 437 g/mol. The quantitative estimate of drug-likeness (QED) is 0.268. The molecule has 162 valence electrons. The summed E-state index contributed by atoms with van der Waals surface area (Å²) in [5, 5.41) is 15.0. The standard InChI is InChI=1S/C20H16FN7O4/c1-26-17-16(18(29)24-20(26)30)27(11-12-5-7-14(21)8-6-12)19(23-17)25-22-10-13-3-2-4-15(9-13)28(31)32/h2-10H,11H2,1H3,(H,23,25)(H,24,29,30). The number of benzene rings is 2. The van der Waals surface area contributed by atoms with Gasteiger partial charge < -0.3 is 0 Å². The van der Waals surface area contributed by atoms with Crippen molar-refractivity contribution in [2.24, 2.45) is 12.1 Å². The molecule has 0 aliphatic heterocycles. The first-order valence-corrected chi connectivity index (χ1v) is 9.31. The first-order chi connectivity index (χ1) is 15.3. The highest BCUT2D eigenvalue weighted by Gasteiger charge is 2.17. The molecule has 2 aromatic heterocycles. The highest BCUT2D eigenvalue weighted by atomic mass is 19.1. The number of nitrogens with one attached hydrogen (secondary N) is 2. The van der Waals surface area contributed by atoms with Gasteiger partial charge in [-0.1, -0.05) is 24.3 Å². The van der Waals surface area contributed by atoms with Crippen molar-refractivity contribution in [3.8, 4) is 0 Å². The molecule has 12 heteroatoms. The van der Waals surface area contributed by atoms with Crippen LogP contribution in [0.3, 0.4) is 0 Å². The molecule has 2 N–H and O–H groups in total. The van der Waals surface area contributed by atoms with Crippen LogP contribution in [0.15, 0.2) is 63.2 Å². The van der Waals surface area contributed by atoms with Crippen molar-refractivity contribution in [3.05, 3.63) is 96.4 Å². The van der Waals surface area contributed by atoms with E-state index in [9.17, 15) is 24.1 Å². The van der Waals surface area contributed by atoms with Gasteiger partial charge in [-0.2, -0.15) is 10.1 Å². The minimum atomic E-state index is -0.631. The Morgan fingerprint density at radius 1 is 1.25 bits per heavy atom. The maximum atomic E-state index is 13.3. The van der Waals surface area contributed by atoms with Crippen molar-refractivity contribution in [3.63, 3.8) is 0 Å². The number of nitro groups is 1. The van der Waals surface area contributed by atoms with E-state index in [0.29, 0.717) is 11.1 Å². The number of nitrogens with zero attached hydrogens (tertiary/aromatic N) is 5. The molecule has 4 aromatic rings. The van der Waals surface area contributed by atoms with Gasteiger partial charge in [-0.15, -0.1) is 0 Å². The number of hydrogen-bond donors (Lipinski definition) is 2. The largest absolute Gasteiger partial charge is 0.329 e. The molecule has 2 aromatic carbocycles. The van der Waals surface area contributed by atoms with Crippen LogP contribution in [0.5, 0.6) is 0 Å². The minimum Gasteiger partial charge on any atom is -0.298 e. The number of halogens is 1. The molecule has 11 nitrogen and oxygen atoms in total. The first kappa shape index (κ1) is 20.7. The predicted molar refractivity (Wildman–Crippen MR) is 115 cm³/mol. The Balaban J connectivity index is 1.75. The maximum Gasteiger partial charge on any atom is 0.329 e. The second-order valence-corrected chi connectivity index (χ2v) is 6.86. The summed E-state index contributed by atoms with van der Waals surface area (Å²) in [4.78, 5) is 41.4. The van der Waals surface area contributed by atoms with Gasteiger partial charge in [-0.05, 0) is 17.7 Å². The molecule has 0 amide bonds. The van der Waals surface area contributed by atoms with E-state index in [1.807, 2.05) is 0 Å². The third-order valence-corrected chi connectivity index (χ3v) is 4.72. The van der Waals surface area contributed by atoms with Gasteiger partial charge in [-0.3, -0.25) is 29.0 Å². The molecule has 32 heavy (non-hydrogen) atoms. The minimum absolute atomic E-state index is 0.0842. The summed E-state index contributed by atoms with van der Waals surface area (Å²) in [7, 11) is 1.46. The van der Waals surface area contributed by atoms with Crippen LogP contribution in [0, 0.1) is 15.9 Å². The lowest BCUT2D eigenvalue weighted by molar-refractivity contribution is -0.384. The number of H-pyrrole nitrogens is 1. The van der Waals surface area contributed by atoms with Crippen molar-refractivity contribution in [2.45, 2.75) is 6.54 Å². The number of nitro benzene ring substituents is 1. The summed E-state index contributed by atoms with van der Waals surface area (Å²) in [5.41, 5.74) is 2.79. The van der Waals surface area contributed by atoms with Crippen LogP contribution in [-0.4, -0.2) is 30.2 Å². The normalized spacial score (nSPS) is 11.3. The molecule has 0 aliphatic carbocycles. The van der Waals surface area contributed by atoms with Crippen LogP contribution >= 0.6 is 0 Å². The van der Waals surface area contributed by atoms with Crippen LogP contribution < -0.4 is 16.7 Å². The summed E-state index contributed by atoms with van der Waals surface area (Å²) in [6, 6.07) is 11.6. The number of hydrogen-bond acceptors (Lipinski definition) is 7. The Kier molecular flexibility index (Phi) is 5.33. The van der Waals surface area contributed by atoms with E-state index < -0.39 is 22.0 Å². The third kappa shape index (κ3) is 4.01. The van der Waals surface area contributed by atoms with Gasteiger partial charge in [-0.25, -0.2) is 14.6 Å². The van der Waals surface area contributed by atoms with Crippen molar-refractivity contribution in [2.75, 3.05) is 5.43 Å². The Bertz CT molecular complexity index is 1470. The lowest BCUT2D eigenvalue weighted by Crippen LogP contribution is -2.29. The molecule has 0 bridgehead atoms. The first-order valence-electron chi connectivity index (χ1n) is 9.31. The van der Waals surface area contributed by atoms with E-state index in [4.69, 9.17) is 0 Å². The molecular formula is C20H16FN7O4. The van der Waals surface area contributed by atoms with Crippen molar-refractivity contribution in [1.29, 1.82) is 0 Å². The lowest BCUT2D eigenvalue weighted by atomic mass is 10.2. The number of anilines is 1. The summed E-state index contributed by atoms with van der Waals surface area (Å²) in [6.45, 7) is 0.146. The summed E-state index contributed by atoms with van der Waals surface area (Å²) >= 11 is 0. The Labute approximate surface area is 178 Å². The van der Waals surface area contributed by atoms with E-state index in [-0.39, 0.29) is 29.3 Å². The molecule has 4 rings (SSSR count). The average molecular weight is 437 g/mol. The van der Waals surface area contributed by atoms with Gasteiger partial charge >= 0.3 is 5.69 Å². The highest BCUT2D eigenvalue weighted by molar-refractivity contribution is 5.81. The van der Waals surface area contributed by atoms with Gasteiger partial charge in [0.1, 0.15) is 5.82 Å². The molecule has 0 radical (unpaired) electrons. The summed E-state index contributed by atoms with van der Waals surface area (Å²) in [5.74, 6) is -0.248. The van der Waals surface area contributed by atoms with Gasteiger partial charge in [0.15, 0.2) is 11.2 Å². The molecule has 0 atom stereocenters. The fraction of sp³-hybridized carbons (Fsp3) is 0.100. The molecule has 0 unspecified atom stereocenters. The lowest BCUT2D eigenvalue weighted by Gasteiger charge is -2.08. The number of fused-ring (bicyclic) bond motifs is 1. The van der Waals surface area contributed by atoms with Crippen LogP contribution in [0.1, 0.15) is 11.1 Å². The molecular weight excluding hydrogens is 421 g/mol. The van der Waals surface area contributed by atoms with E-state index in [0.717, 1.165) is 0 Å². The number of aryl methyl sites for hydroxylation is 1. The molecule has 0 saturated carbocycles. The number of aromatic amines is 1. The van der Waals surface area contributed by atoms with E-state index in [1.165, 1.54) is 52.7 Å². The smallest absolute Gasteiger partial charge is 0.298 e. The number of aromatic nitrogens is 4. The Morgan fingerprint density at radius 2 is 2.00 bits per heavy atom. The van der Waals surface area contributed by atoms with Crippen LogP contribution in [0.4, 0.5) is 16.0 Å².